The summed E-state index contributed by atoms with van der Waals surface area (Å²) in [7, 11) is 0. The molecule has 1 aromatic heterocycles. The Morgan fingerprint density at radius 3 is 2.64 bits per heavy atom. The van der Waals surface area contributed by atoms with Crippen LogP contribution in [0, 0.1) is 12.7 Å². The zero-order valence-electron chi connectivity index (χ0n) is 7.87. The van der Waals surface area contributed by atoms with Gasteiger partial charge < -0.3 is 0 Å². The van der Waals surface area contributed by atoms with Gasteiger partial charge in [0.25, 0.3) is 0 Å². The van der Waals surface area contributed by atoms with E-state index in [4.69, 9.17) is 0 Å². The standard InChI is InChI=1S/C12H10FN/c1-9-4-5-10(7-12(9)13)11-3-2-6-14-8-11/h2-8H,1H3. The lowest BCUT2D eigenvalue weighted by Crippen LogP contribution is -1.84. The maximum absolute atomic E-state index is 13.2. The number of halogens is 1. The second-order valence-electron chi connectivity index (χ2n) is 3.21. The third kappa shape index (κ3) is 1.64. The van der Waals surface area contributed by atoms with E-state index in [9.17, 15) is 4.39 Å². The Balaban J connectivity index is 2.48. The molecule has 14 heavy (non-hydrogen) atoms. The highest BCUT2D eigenvalue weighted by atomic mass is 19.1. The molecule has 0 fully saturated rings. The SMILES string of the molecule is Cc1ccc(-c2cccnc2)cc1F. The van der Waals surface area contributed by atoms with E-state index >= 15 is 0 Å². The maximum Gasteiger partial charge on any atom is 0.126 e. The van der Waals surface area contributed by atoms with Gasteiger partial charge in [0.1, 0.15) is 5.82 Å². The van der Waals surface area contributed by atoms with E-state index < -0.39 is 0 Å². The van der Waals surface area contributed by atoms with E-state index in [0.717, 1.165) is 11.1 Å². The smallest absolute Gasteiger partial charge is 0.126 e. The van der Waals surface area contributed by atoms with E-state index in [-0.39, 0.29) is 5.82 Å². The molecule has 2 heteroatoms. The molecule has 0 atom stereocenters. The van der Waals surface area contributed by atoms with Crippen LogP contribution in [0.5, 0.6) is 0 Å². The Hall–Kier alpha value is -1.70. The summed E-state index contributed by atoms with van der Waals surface area (Å²) in [6.07, 6.45) is 3.43. The normalized spacial score (nSPS) is 10.1. The summed E-state index contributed by atoms with van der Waals surface area (Å²) >= 11 is 0. The second-order valence-corrected chi connectivity index (χ2v) is 3.21. The lowest BCUT2D eigenvalue weighted by molar-refractivity contribution is 0.619. The van der Waals surface area contributed by atoms with Gasteiger partial charge in [0.2, 0.25) is 0 Å². The molecule has 0 saturated carbocycles. The number of benzene rings is 1. The molecule has 0 N–H and O–H groups in total. The van der Waals surface area contributed by atoms with Crippen LogP contribution in [0.15, 0.2) is 42.7 Å². The third-order valence-electron chi connectivity index (χ3n) is 2.17. The Labute approximate surface area is 82.2 Å². The number of aryl methyl sites for hydroxylation is 1. The number of aromatic nitrogens is 1. The van der Waals surface area contributed by atoms with Crippen LogP contribution in [-0.2, 0) is 0 Å². The van der Waals surface area contributed by atoms with Crippen LogP contribution in [0.3, 0.4) is 0 Å². The molecule has 0 amide bonds. The van der Waals surface area contributed by atoms with Crippen molar-refractivity contribution in [1.82, 2.24) is 4.98 Å². The fourth-order valence-corrected chi connectivity index (χ4v) is 1.31. The van der Waals surface area contributed by atoms with E-state index in [1.165, 1.54) is 6.07 Å². The van der Waals surface area contributed by atoms with Gasteiger partial charge in [-0.05, 0) is 30.2 Å². The first-order valence-corrected chi connectivity index (χ1v) is 4.44. The second kappa shape index (κ2) is 3.58. The van der Waals surface area contributed by atoms with Crippen LogP contribution in [0.25, 0.3) is 11.1 Å². The topological polar surface area (TPSA) is 12.9 Å². The largest absolute Gasteiger partial charge is 0.264 e. The lowest BCUT2D eigenvalue weighted by Gasteiger charge is -2.02. The van der Waals surface area contributed by atoms with Crippen LogP contribution in [-0.4, -0.2) is 4.98 Å². The monoisotopic (exact) mass is 187 g/mol. The van der Waals surface area contributed by atoms with Crippen molar-refractivity contribution < 1.29 is 4.39 Å². The van der Waals surface area contributed by atoms with E-state index in [0.29, 0.717) is 5.56 Å². The summed E-state index contributed by atoms with van der Waals surface area (Å²) in [5, 5.41) is 0. The van der Waals surface area contributed by atoms with Crippen molar-refractivity contribution in [2.24, 2.45) is 0 Å². The number of hydrogen-bond acceptors (Lipinski definition) is 1. The van der Waals surface area contributed by atoms with Gasteiger partial charge >= 0.3 is 0 Å². The molecule has 0 radical (unpaired) electrons. The molecule has 0 bridgehead atoms. The van der Waals surface area contributed by atoms with Crippen LogP contribution < -0.4 is 0 Å². The van der Waals surface area contributed by atoms with Gasteiger partial charge in [-0.2, -0.15) is 0 Å². The van der Waals surface area contributed by atoms with Crippen LogP contribution in [0.2, 0.25) is 0 Å². The van der Waals surface area contributed by atoms with Gasteiger partial charge in [-0.15, -0.1) is 0 Å². The van der Waals surface area contributed by atoms with Gasteiger partial charge in [-0.25, -0.2) is 4.39 Å². The number of pyridine rings is 1. The zero-order valence-corrected chi connectivity index (χ0v) is 7.87. The highest BCUT2D eigenvalue weighted by Gasteiger charge is 2.00. The van der Waals surface area contributed by atoms with Crippen molar-refractivity contribution in [3.63, 3.8) is 0 Å². The molecule has 1 heterocycles. The van der Waals surface area contributed by atoms with Crippen LogP contribution in [0.1, 0.15) is 5.56 Å². The van der Waals surface area contributed by atoms with Crippen molar-refractivity contribution in [3.05, 3.63) is 54.1 Å². The minimum absolute atomic E-state index is 0.175. The molecule has 2 aromatic rings. The predicted octanol–water partition coefficient (Wildman–Crippen LogP) is 3.20. The summed E-state index contributed by atoms with van der Waals surface area (Å²) in [6.45, 7) is 1.75. The first kappa shape index (κ1) is 8.88. The predicted molar refractivity (Wildman–Crippen MR) is 54.4 cm³/mol. The van der Waals surface area contributed by atoms with Gasteiger partial charge in [-0.3, -0.25) is 4.98 Å². The highest BCUT2D eigenvalue weighted by Crippen LogP contribution is 2.20. The maximum atomic E-state index is 13.2. The molecule has 0 saturated heterocycles. The van der Waals surface area contributed by atoms with Crippen molar-refractivity contribution >= 4 is 0 Å². The fourth-order valence-electron chi connectivity index (χ4n) is 1.31. The van der Waals surface area contributed by atoms with Crippen molar-refractivity contribution in [3.8, 4) is 11.1 Å². The van der Waals surface area contributed by atoms with Gasteiger partial charge in [-0.1, -0.05) is 18.2 Å². The van der Waals surface area contributed by atoms with Gasteiger partial charge in [0.15, 0.2) is 0 Å². The highest BCUT2D eigenvalue weighted by molar-refractivity contribution is 5.62. The average Bonchev–Trinajstić information content (AvgIpc) is 2.23. The first-order chi connectivity index (χ1) is 6.77. The summed E-state index contributed by atoms with van der Waals surface area (Å²) < 4.78 is 13.2. The fraction of sp³-hybridized carbons (Fsp3) is 0.0833. The molecule has 0 aliphatic rings. The number of hydrogen-bond donors (Lipinski definition) is 0. The molecular weight excluding hydrogens is 177 g/mol. The number of nitrogens with zero attached hydrogens (tertiary/aromatic N) is 1. The molecular formula is C12H10FN. The number of rotatable bonds is 1. The summed E-state index contributed by atoms with van der Waals surface area (Å²) in [5.41, 5.74) is 2.46. The van der Waals surface area contributed by atoms with Gasteiger partial charge in [0.05, 0.1) is 0 Å². The van der Waals surface area contributed by atoms with Crippen LogP contribution in [0.4, 0.5) is 4.39 Å². The summed E-state index contributed by atoms with van der Waals surface area (Å²) in [5.74, 6) is -0.175. The Kier molecular flexibility index (Phi) is 2.27. The molecule has 0 aliphatic carbocycles. The average molecular weight is 187 g/mol. The lowest BCUT2D eigenvalue weighted by atomic mass is 10.1. The molecule has 1 nitrogen and oxygen atoms in total. The van der Waals surface area contributed by atoms with E-state index in [1.54, 1.807) is 25.4 Å². The first-order valence-electron chi connectivity index (χ1n) is 4.44. The summed E-state index contributed by atoms with van der Waals surface area (Å²) in [6, 6.07) is 8.96. The van der Waals surface area contributed by atoms with Gasteiger partial charge in [0, 0.05) is 18.0 Å². The van der Waals surface area contributed by atoms with Crippen molar-refractivity contribution in [2.45, 2.75) is 6.92 Å². The van der Waals surface area contributed by atoms with E-state index in [1.807, 2.05) is 18.2 Å². The Bertz CT molecular complexity index is 437. The molecule has 70 valence electrons. The quantitative estimate of drug-likeness (QED) is 0.668. The minimum atomic E-state index is -0.175. The minimum Gasteiger partial charge on any atom is -0.264 e. The third-order valence-corrected chi connectivity index (χ3v) is 2.17. The Morgan fingerprint density at radius 2 is 2.00 bits per heavy atom. The molecule has 2 rings (SSSR count). The Morgan fingerprint density at radius 1 is 1.14 bits per heavy atom. The molecule has 0 aliphatic heterocycles. The zero-order chi connectivity index (χ0) is 9.97. The van der Waals surface area contributed by atoms with E-state index in [2.05, 4.69) is 4.98 Å². The summed E-state index contributed by atoms with van der Waals surface area (Å²) in [4.78, 5) is 3.99. The van der Waals surface area contributed by atoms with Crippen molar-refractivity contribution in [2.75, 3.05) is 0 Å². The molecule has 0 spiro atoms. The molecule has 0 unspecified atom stereocenters. The van der Waals surface area contributed by atoms with Crippen LogP contribution >= 0.6 is 0 Å². The molecule has 1 aromatic carbocycles. The van der Waals surface area contributed by atoms with Crippen molar-refractivity contribution in [1.29, 1.82) is 0 Å².